The molecule has 2 amide bonds. The lowest BCUT2D eigenvalue weighted by Crippen LogP contribution is -2.44. The van der Waals surface area contributed by atoms with Crippen molar-refractivity contribution in [2.75, 3.05) is 10.7 Å². The summed E-state index contributed by atoms with van der Waals surface area (Å²) in [6.45, 7) is 0. The van der Waals surface area contributed by atoms with Crippen LogP contribution >= 0.6 is 11.8 Å². The highest BCUT2D eigenvalue weighted by molar-refractivity contribution is 8.01. The number of carbonyl (C=O) groups is 2. The first-order valence-corrected chi connectivity index (χ1v) is 7.79. The van der Waals surface area contributed by atoms with Gasteiger partial charge in [-0.25, -0.2) is 4.90 Å². The number of nitrogens with zero attached hydrogens (tertiary/aromatic N) is 2. The van der Waals surface area contributed by atoms with E-state index in [1.807, 2.05) is 36.4 Å². The first-order chi connectivity index (χ1) is 10.7. The molecule has 108 valence electrons. The molecule has 0 saturated carbocycles. The van der Waals surface area contributed by atoms with Gasteiger partial charge in [-0.2, -0.15) is 5.26 Å². The minimum absolute atomic E-state index is 0.230. The van der Waals surface area contributed by atoms with Crippen LogP contribution in [0.25, 0.3) is 0 Å². The Balaban J connectivity index is 1.93. The van der Waals surface area contributed by atoms with E-state index in [1.54, 1.807) is 24.3 Å². The summed E-state index contributed by atoms with van der Waals surface area (Å²) in [7, 11) is 0. The van der Waals surface area contributed by atoms with Crippen LogP contribution in [-0.4, -0.2) is 17.6 Å². The molecule has 5 heteroatoms. The Morgan fingerprint density at radius 2 is 1.73 bits per heavy atom. The van der Waals surface area contributed by atoms with Crippen LogP contribution in [-0.2, 0) is 9.59 Å². The maximum Gasteiger partial charge on any atom is 0.251 e. The third-order valence-electron chi connectivity index (χ3n) is 3.42. The molecule has 22 heavy (non-hydrogen) atoms. The Bertz CT molecular complexity index is 750. The van der Waals surface area contributed by atoms with Crippen molar-refractivity contribution in [3.8, 4) is 6.07 Å². The molecule has 1 aliphatic rings. The lowest BCUT2D eigenvalue weighted by Gasteiger charge is -2.30. The molecule has 1 atom stereocenters. The van der Waals surface area contributed by atoms with Crippen molar-refractivity contribution in [1.29, 1.82) is 5.26 Å². The molecule has 0 N–H and O–H groups in total. The van der Waals surface area contributed by atoms with E-state index >= 15 is 0 Å². The van der Waals surface area contributed by atoms with Gasteiger partial charge in [0, 0.05) is 0 Å². The van der Waals surface area contributed by atoms with E-state index in [-0.39, 0.29) is 22.8 Å². The van der Waals surface area contributed by atoms with Crippen molar-refractivity contribution in [2.24, 2.45) is 0 Å². The number of carbonyl (C=O) groups excluding carboxylic acids is 2. The third-order valence-corrected chi connectivity index (χ3v) is 4.65. The van der Waals surface area contributed by atoms with Crippen molar-refractivity contribution < 1.29 is 9.59 Å². The smallest absolute Gasteiger partial charge is 0.251 e. The minimum atomic E-state index is -0.380. The van der Waals surface area contributed by atoms with E-state index in [4.69, 9.17) is 5.26 Å². The molecule has 0 aromatic heterocycles. The first-order valence-electron chi connectivity index (χ1n) is 6.74. The van der Waals surface area contributed by atoms with Crippen LogP contribution in [0.2, 0.25) is 0 Å². The maximum atomic E-state index is 12.7. The van der Waals surface area contributed by atoms with E-state index in [2.05, 4.69) is 0 Å². The molecular formula is C17H12N2O2S. The average molecular weight is 308 g/mol. The standard InChI is InChI=1S/C17H12N2O2S/c18-10-12-6-8-14(9-7-12)19-15(20)11-22-16(17(19)21)13-4-2-1-3-5-13/h1-9,16H,11H2/t16-/m1/s1. The molecule has 2 aromatic rings. The van der Waals surface area contributed by atoms with Gasteiger partial charge < -0.3 is 0 Å². The summed E-state index contributed by atoms with van der Waals surface area (Å²) in [5, 5.41) is 8.45. The fourth-order valence-corrected chi connectivity index (χ4v) is 3.39. The zero-order chi connectivity index (χ0) is 15.5. The lowest BCUT2D eigenvalue weighted by atomic mass is 10.1. The predicted molar refractivity (Wildman–Crippen MR) is 85.3 cm³/mol. The molecule has 2 aromatic carbocycles. The topological polar surface area (TPSA) is 61.2 Å². The highest BCUT2D eigenvalue weighted by Crippen LogP contribution is 2.36. The van der Waals surface area contributed by atoms with E-state index in [1.165, 1.54) is 16.7 Å². The molecule has 3 rings (SSSR count). The molecule has 1 aliphatic heterocycles. The average Bonchev–Trinajstić information content (AvgIpc) is 2.56. The van der Waals surface area contributed by atoms with E-state index in [9.17, 15) is 9.59 Å². The Morgan fingerprint density at radius 3 is 2.36 bits per heavy atom. The molecule has 0 spiro atoms. The van der Waals surface area contributed by atoms with Crippen LogP contribution in [0.5, 0.6) is 0 Å². The van der Waals surface area contributed by atoms with Gasteiger partial charge in [0.25, 0.3) is 5.91 Å². The van der Waals surface area contributed by atoms with Crippen molar-refractivity contribution in [3.05, 3.63) is 65.7 Å². The number of anilines is 1. The summed E-state index contributed by atoms with van der Waals surface area (Å²) >= 11 is 1.35. The predicted octanol–water partition coefficient (Wildman–Crippen LogP) is 2.91. The third kappa shape index (κ3) is 2.61. The molecule has 0 bridgehead atoms. The fraction of sp³-hybridized carbons (Fsp3) is 0.118. The molecular weight excluding hydrogens is 296 g/mol. The summed E-state index contributed by atoms with van der Waals surface area (Å²) in [4.78, 5) is 26.1. The Labute approximate surface area is 132 Å². The Kier molecular flexibility index (Phi) is 3.94. The van der Waals surface area contributed by atoms with E-state index < -0.39 is 0 Å². The van der Waals surface area contributed by atoms with Gasteiger partial charge in [0.15, 0.2) is 0 Å². The molecule has 0 radical (unpaired) electrons. The molecule has 1 heterocycles. The number of rotatable bonds is 2. The van der Waals surface area contributed by atoms with Gasteiger partial charge in [-0.3, -0.25) is 9.59 Å². The normalized spacial score (nSPS) is 18.1. The van der Waals surface area contributed by atoms with Crippen LogP contribution in [0.4, 0.5) is 5.69 Å². The van der Waals surface area contributed by atoms with E-state index in [0.29, 0.717) is 11.3 Å². The molecule has 1 fully saturated rings. The van der Waals surface area contributed by atoms with Gasteiger partial charge in [0.1, 0.15) is 5.25 Å². The van der Waals surface area contributed by atoms with Gasteiger partial charge in [-0.15, -0.1) is 11.8 Å². The number of amides is 2. The molecule has 4 nitrogen and oxygen atoms in total. The first kappa shape index (κ1) is 14.4. The molecule has 1 saturated heterocycles. The van der Waals surface area contributed by atoms with Crippen molar-refractivity contribution >= 4 is 29.3 Å². The minimum Gasteiger partial charge on any atom is -0.273 e. The summed E-state index contributed by atoms with van der Waals surface area (Å²) in [5.41, 5.74) is 1.90. The maximum absolute atomic E-state index is 12.7. The number of hydrogen-bond donors (Lipinski definition) is 0. The second-order valence-electron chi connectivity index (χ2n) is 4.83. The van der Waals surface area contributed by atoms with Crippen LogP contribution in [0.1, 0.15) is 16.4 Å². The summed E-state index contributed by atoms with van der Waals surface area (Å²) in [6.07, 6.45) is 0. The van der Waals surface area contributed by atoms with Crippen LogP contribution < -0.4 is 4.90 Å². The number of hydrogen-bond acceptors (Lipinski definition) is 4. The highest BCUT2D eigenvalue weighted by atomic mass is 32.2. The largest absolute Gasteiger partial charge is 0.273 e. The summed E-state index contributed by atoms with van der Waals surface area (Å²) in [5.74, 6) is -0.213. The summed E-state index contributed by atoms with van der Waals surface area (Å²) < 4.78 is 0. The zero-order valence-corrected chi connectivity index (χ0v) is 12.4. The molecule has 0 aliphatic carbocycles. The molecule has 0 unspecified atom stereocenters. The monoisotopic (exact) mass is 308 g/mol. The van der Waals surface area contributed by atoms with Gasteiger partial charge >= 0.3 is 0 Å². The van der Waals surface area contributed by atoms with Crippen molar-refractivity contribution in [2.45, 2.75) is 5.25 Å². The van der Waals surface area contributed by atoms with Crippen molar-refractivity contribution in [3.63, 3.8) is 0 Å². The quantitative estimate of drug-likeness (QED) is 0.800. The lowest BCUT2D eigenvalue weighted by molar-refractivity contribution is -0.125. The van der Waals surface area contributed by atoms with Gasteiger partial charge in [-0.05, 0) is 29.8 Å². The zero-order valence-electron chi connectivity index (χ0n) is 11.6. The van der Waals surface area contributed by atoms with Gasteiger partial charge in [0.05, 0.1) is 23.1 Å². The number of imide groups is 1. The number of nitriles is 1. The Morgan fingerprint density at radius 1 is 1.05 bits per heavy atom. The van der Waals surface area contributed by atoms with Crippen LogP contribution in [0, 0.1) is 11.3 Å². The number of thioether (sulfide) groups is 1. The van der Waals surface area contributed by atoms with E-state index in [0.717, 1.165) is 5.56 Å². The second-order valence-corrected chi connectivity index (χ2v) is 5.92. The van der Waals surface area contributed by atoms with Crippen LogP contribution in [0.3, 0.4) is 0 Å². The SMILES string of the molecule is N#Cc1ccc(N2C(=O)CS[C@H](c3ccccc3)C2=O)cc1. The van der Waals surface area contributed by atoms with Gasteiger partial charge in [-0.1, -0.05) is 30.3 Å². The van der Waals surface area contributed by atoms with Crippen molar-refractivity contribution in [1.82, 2.24) is 0 Å². The number of benzene rings is 2. The van der Waals surface area contributed by atoms with Gasteiger partial charge in [0.2, 0.25) is 5.91 Å². The summed E-state index contributed by atoms with van der Waals surface area (Å²) in [6, 6.07) is 17.9. The second kappa shape index (κ2) is 6.04. The fourth-order valence-electron chi connectivity index (χ4n) is 2.35. The highest BCUT2D eigenvalue weighted by Gasteiger charge is 2.36. The van der Waals surface area contributed by atoms with Crippen LogP contribution in [0.15, 0.2) is 54.6 Å². The Hall–Kier alpha value is -2.58.